The molecular formula is C9H16F2O4. The summed E-state index contributed by atoms with van der Waals surface area (Å²) >= 11 is 0. The molecule has 0 fully saturated rings. The summed E-state index contributed by atoms with van der Waals surface area (Å²) in [6, 6.07) is 0. The molecule has 0 radical (unpaired) electrons. The van der Waals surface area contributed by atoms with Crippen LogP contribution in [0.25, 0.3) is 0 Å². The van der Waals surface area contributed by atoms with Crippen molar-refractivity contribution in [1.82, 2.24) is 0 Å². The Labute approximate surface area is 87.2 Å². The van der Waals surface area contributed by atoms with Crippen molar-refractivity contribution >= 4 is 5.97 Å². The van der Waals surface area contributed by atoms with Crippen LogP contribution in [0, 0.1) is 0 Å². The van der Waals surface area contributed by atoms with Crippen molar-refractivity contribution < 1.29 is 28.2 Å². The summed E-state index contributed by atoms with van der Waals surface area (Å²) in [7, 11) is 1.17. The predicted octanol–water partition coefficient (Wildman–Crippen LogP) is 0.972. The van der Waals surface area contributed by atoms with Gasteiger partial charge in [0.05, 0.1) is 13.2 Å². The Morgan fingerprint density at radius 2 is 1.93 bits per heavy atom. The highest BCUT2D eigenvalue weighted by Crippen LogP contribution is 2.33. The highest BCUT2D eigenvalue weighted by atomic mass is 19.3. The average Bonchev–Trinajstić information content (AvgIpc) is 2.18. The lowest BCUT2D eigenvalue weighted by molar-refractivity contribution is -0.224. The standard InChI is InChI=1S/C9H16F2O4/c1-4-8(13,6-14-3)9(10,11)7(12)15-5-2/h13H,4-6H2,1-3H3. The molecule has 6 heteroatoms. The zero-order chi connectivity index (χ0) is 12.1. The first kappa shape index (κ1) is 14.2. The molecule has 0 aliphatic carbocycles. The molecule has 0 aromatic heterocycles. The molecule has 1 N–H and O–H groups in total. The van der Waals surface area contributed by atoms with Gasteiger partial charge in [0.25, 0.3) is 0 Å². The van der Waals surface area contributed by atoms with Crippen LogP contribution in [0.2, 0.25) is 0 Å². The van der Waals surface area contributed by atoms with Crippen molar-refractivity contribution in [3.8, 4) is 0 Å². The maximum absolute atomic E-state index is 13.4. The number of hydrogen-bond donors (Lipinski definition) is 1. The topological polar surface area (TPSA) is 55.8 Å². The second-order valence-corrected chi connectivity index (χ2v) is 3.11. The zero-order valence-electron chi connectivity index (χ0n) is 9.05. The van der Waals surface area contributed by atoms with Gasteiger partial charge in [-0.05, 0) is 13.3 Å². The van der Waals surface area contributed by atoms with Crippen LogP contribution in [0.5, 0.6) is 0 Å². The molecule has 1 unspecified atom stereocenters. The van der Waals surface area contributed by atoms with E-state index < -0.39 is 24.1 Å². The van der Waals surface area contributed by atoms with Gasteiger partial charge in [-0.2, -0.15) is 8.78 Å². The molecule has 0 aliphatic heterocycles. The van der Waals surface area contributed by atoms with Crippen molar-refractivity contribution in [1.29, 1.82) is 0 Å². The van der Waals surface area contributed by atoms with E-state index in [9.17, 15) is 18.7 Å². The van der Waals surface area contributed by atoms with Gasteiger partial charge in [0, 0.05) is 7.11 Å². The largest absolute Gasteiger partial charge is 0.461 e. The second kappa shape index (κ2) is 5.37. The third-order valence-electron chi connectivity index (χ3n) is 2.08. The first-order valence-electron chi connectivity index (χ1n) is 4.62. The Kier molecular flexibility index (Phi) is 5.10. The van der Waals surface area contributed by atoms with E-state index in [1.54, 1.807) is 0 Å². The second-order valence-electron chi connectivity index (χ2n) is 3.11. The van der Waals surface area contributed by atoms with Crippen molar-refractivity contribution in [2.45, 2.75) is 31.8 Å². The van der Waals surface area contributed by atoms with Gasteiger partial charge >= 0.3 is 11.9 Å². The van der Waals surface area contributed by atoms with Crippen LogP contribution in [0.1, 0.15) is 20.3 Å². The van der Waals surface area contributed by atoms with Crippen LogP contribution in [0.15, 0.2) is 0 Å². The number of rotatable bonds is 6. The maximum atomic E-state index is 13.4. The minimum atomic E-state index is -3.96. The van der Waals surface area contributed by atoms with Gasteiger partial charge in [-0.15, -0.1) is 0 Å². The highest BCUT2D eigenvalue weighted by molar-refractivity contribution is 5.79. The number of ether oxygens (including phenoxy) is 2. The minimum absolute atomic E-state index is 0.165. The van der Waals surface area contributed by atoms with Crippen LogP contribution < -0.4 is 0 Å². The number of esters is 1. The summed E-state index contributed by atoms with van der Waals surface area (Å²) in [5.74, 6) is -5.69. The summed E-state index contributed by atoms with van der Waals surface area (Å²) < 4.78 is 35.5. The van der Waals surface area contributed by atoms with Gasteiger partial charge in [-0.1, -0.05) is 6.92 Å². The molecular weight excluding hydrogens is 210 g/mol. The Hall–Kier alpha value is -0.750. The fourth-order valence-electron chi connectivity index (χ4n) is 1.07. The lowest BCUT2D eigenvalue weighted by Crippen LogP contribution is -2.56. The third-order valence-corrected chi connectivity index (χ3v) is 2.08. The molecule has 15 heavy (non-hydrogen) atoms. The van der Waals surface area contributed by atoms with Crippen molar-refractivity contribution in [2.24, 2.45) is 0 Å². The monoisotopic (exact) mass is 226 g/mol. The van der Waals surface area contributed by atoms with Gasteiger partial charge in [0.15, 0.2) is 5.60 Å². The molecule has 0 aromatic carbocycles. The molecule has 0 bridgehead atoms. The van der Waals surface area contributed by atoms with E-state index in [1.165, 1.54) is 21.0 Å². The first-order chi connectivity index (χ1) is 6.85. The van der Waals surface area contributed by atoms with E-state index in [2.05, 4.69) is 9.47 Å². The third kappa shape index (κ3) is 2.85. The van der Waals surface area contributed by atoms with Gasteiger partial charge in [-0.25, -0.2) is 4.79 Å². The van der Waals surface area contributed by atoms with Crippen LogP contribution >= 0.6 is 0 Å². The zero-order valence-corrected chi connectivity index (χ0v) is 9.05. The Morgan fingerprint density at radius 1 is 1.40 bits per heavy atom. The van der Waals surface area contributed by atoms with Crippen molar-refractivity contribution in [2.75, 3.05) is 20.3 Å². The lowest BCUT2D eigenvalue weighted by Gasteiger charge is -2.32. The number of aliphatic hydroxyl groups is 1. The molecule has 4 nitrogen and oxygen atoms in total. The van der Waals surface area contributed by atoms with Crippen LogP contribution in [0.3, 0.4) is 0 Å². The van der Waals surface area contributed by atoms with Crippen LogP contribution in [-0.4, -0.2) is 42.9 Å². The first-order valence-corrected chi connectivity index (χ1v) is 4.62. The van der Waals surface area contributed by atoms with Gasteiger partial charge in [0.1, 0.15) is 0 Å². The summed E-state index contributed by atoms with van der Waals surface area (Å²) in [5.41, 5.74) is -2.52. The van der Waals surface area contributed by atoms with Gasteiger partial charge < -0.3 is 14.6 Å². The van der Waals surface area contributed by atoms with Gasteiger partial charge in [-0.3, -0.25) is 0 Å². The lowest BCUT2D eigenvalue weighted by atomic mass is 9.93. The van der Waals surface area contributed by atoms with E-state index in [-0.39, 0.29) is 13.0 Å². The SMILES string of the molecule is CCOC(=O)C(F)(F)C(O)(CC)COC. The molecule has 0 aromatic rings. The number of halogens is 2. The van der Waals surface area contributed by atoms with E-state index >= 15 is 0 Å². The number of hydrogen-bond acceptors (Lipinski definition) is 4. The smallest absolute Gasteiger partial charge is 0.380 e. The highest BCUT2D eigenvalue weighted by Gasteiger charge is 2.58. The molecule has 0 aliphatic rings. The maximum Gasteiger partial charge on any atom is 0.380 e. The molecule has 0 heterocycles. The van der Waals surface area contributed by atoms with Crippen LogP contribution in [0.4, 0.5) is 8.78 Å². The normalized spacial score (nSPS) is 15.9. The Balaban J connectivity index is 4.86. The van der Waals surface area contributed by atoms with Crippen molar-refractivity contribution in [3.63, 3.8) is 0 Å². The number of methoxy groups -OCH3 is 1. The molecule has 0 amide bonds. The minimum Gasteiger partial charge on any atom is -0.461 e. The molecule has 90 valence electrons. The molecule has 0 spiro atoms. The summed E-state index contributed by atoms with van der Waals surface area (Å²) in [6.07, 6.45) is -0.313. The molecule has 0 saturated heterocycles. The average molecular weight is 226 g/mol. The van der Waals surface area contributed by atoms with E-state index in [1.807, 2.05) is 0 Å². The summed E-state index contributed by atoms with van der Waals surface area (Å²) in [5, 5.41) is 9.57. The summed E-state index contributed by atoms with van der Waals surface area (Å²) in [6.45, 7) is 1.96. The quantitative estimate of drug-likeness (QED) is 0.686. The summed E-state index contributed by atoms with van der Waals surface area (Å²) in [4.78, 5) is 11.0. The fourth-order valence-corrected chi connectivity index (χ4v) is 1.07. The fraction of sp³-hybridized carbons (Fsp3) is 0.889. The number of carbonyl (C=O) groups is 1. The van der Waals surface area contributed by atoms with Crippen molar-refractivity contribution in [3.05, 3.63) is 0 Å². The van der Waals surface area contributed by atoms with E-state index in [4.69, 9.17) is 0 Å². The molecule has 0 saturated carbocycles. The van der Waals surface area contributed by atoms with E-state index in [0.29, 0.717) is 0 Å². The van der Waals surface area contributed by atoms with E-state index in [0.717, 1.165) is 0 Å². The number of alkyl halides is 2. The molecule has 1 atom stereocenters. The van der Waals surface area contributed by atoms with Gasteiger partial charge in [0.2, 0.25) is 0 Å². The van der Waals surface area contributed by atoms with Crippen LogP contribution in [-0.2, 0) is 14.3 Å². The number of carbonyl (C=O) groups excluding carboxylic acids is 1. The predicted molar refractivity (Wildman–Crippen MR) is 48.7 cm³/mol. The Morgan fingerprint density at radius 3 is 2.27 bits per heavy atom. The molecule has 0 rings (SSSR count). The Bertz CT molecular complexity index is 220.